The highest BCUT2D eigenvalue weighted by Crippen LogP contribution is 2.23. The van der Waals surface area contributed by atoms with Crippen LogP contribution in [0, 0.1) is 19.8 Å². The van der Waals surface area contributed by atoms with Gasteiger partial charge in [-0.25, -0.2) is 4.79 Å². The summed E-state index contributed by atoms with van der Waals surface area (Å²) in [6.07, 6.45) is 1.68. The van der Waals surface area contributed by atoms with Gasteiger partial charge in [-0.1, -0.05) is 35.9 Å². The van der Waals surface area contributed by atoms with E-state index in [0.29, 0.717) is 11.3 Å². The molecule has 0 atom stereocenters. The van der Waals surface area contributed by atoms with Crippen LogP contribution < -0.4 is 5.32 Å². The van der Waals surface area contributed by atoms with E-state index >= 15 is 0 Å². The van der Waals surface area contributed by atoms with Crippen molar-refractivity contribution in [3.05, 3.63) is 64.7 Å². The van der Waals surface area contributed by atoms with Gasteiger partial charge in [0.15, 0.2) is 0 Å². The zero-order valence-electron chi connectivity index (χ0n) is 16.8. The minimum Gasteiger partial charge on any atom is -0.465 e. The number of benzene rings is 2. The molecule has 0 unspecified atom stereocenters. The lowest BCUT2D eigenvalue weighted by atomic mass is 9.95. The standard InChI is InChI=1S/C23H28N2O3/c1-16-5-4-6-18(13-16)15-25-11-9-19(10-12-25)22(26)24-21-14-20(23(27)28-3)8-7-17(21)2/h4-8,13-14,19H,9-12,15H2,1-3H3,(H,24,26). The van der Waals surface area contributed by atoms with Crippen molar-refractivity contribution in [3.8, 4) is 0 Å². The number of amides is 1. The number of methoxy groups -OCH3 is 1. The molecule has 3 rings (SSSR count). The van der Waals surface area contributed by atoms with Crippen LogP contribution in [0.25, 0.3) is 0 Å². The highest BCUT2D eigenvalue weighted by atomic mass is 16.5. The van der Waals surface area contributed by atoms with Crippen LogP contribution >= 0.6 is 0 Å². The summed E-state index contributed by atoms with van der Waals surface area (Å²) >= 11 is 0. The number of nitrogens with zero attached hydrogens (tertiary/aromatic N) is 1. The van der Waals surface area contributed by atoms with Gasteiger partial charge >= 0.3 is 5.97 Å². The molecule has 1 heterocycles. The molecule has 5 nitrogen and oxygen atoms in total. The van der Waals surface area contributed by atoms with Gasteiger partial charge in [-0.3, -0.25) is 9.69 Å². The van der Waals surface area contributed by atoms with Gasteiger partial charge in [0, 0.05) is 18.2 Å². The molecule has 0 bridgehead atoms. The molecule has 1 N–H and O–H groups in total. The Morgan fingerprint density at radius 1 is 1.11 bits per heavy atom. The second-order valence-electron chi connectivity index (χ2n) is 7.55. The first kappa shape index (κ1) is 20.1. The zero-order chi connectivity index (χ0) is 20.1. The van der Waals surface area contributed by atoms with Crippen LogP contribution in [0.2, 0.25) is 0 Å². The van der Waals surface area contributed by atoms with Gasteiger partial charge in [0.05, 0.1) is 12.7 Å². The van der Waals surface area contributed by atoms with Gasteiger partial charge < -0.3 is 10.1 Å². The van der Waals surface area contributed by atoms with Crippen molar-refractivity contribution in [3.63, 3.8) is 0 Å². The van der Waals surface area contributed by atoms with E-state index < -0.39 is 5.97 Å². The lowest BCUT2D eigenvalue weighted by molar-refractivity contribution is -0.121. The van der Waals surface area contributed by atoms with Crippen LogP contribution in [0.1, 0.15) is 39.9 Å². The Morgan fingerprint density at radius 3 is 2.54 bits per heavy atom. The summed E-state index contributed by atoms with van der Waals surface area (Å²) in [4.78, 5) is 26.9. The Morgan fingerprint density at radius 2 is 1.86 bits per heavy atom. The smallest absolute Gasteiger partial charge is 0.337 e. The van der Waals surface area contributed by atoms with Crippen LogP contribution in [0.3, 0.4) is 0 Å². The van der Waals surface area contributed by atoms with Crippen LogP contribution in [0.5, 0.6) is 0 Å². The summed E-state index contributed by atoms with van der Waals surface area (Å²) in [5.41, 5.74) is 4.64. The van der Waals surface area contributed by atoms with Crippen molar-refractivity contribution in [1.29, 1.82) is 0 Å². The number of likely N-dealkylation sites (tertiary alicyclic amines) is 1. The predicted molar refractivity (Wildman–Crippen MR) is 110 cm³/mol. The fourth-order valence-corrected chi connectivity index (χ4v) is 3.66. The third-order valence-corrected chi connectivity index (χ3v) is 5.36. The summed E-state index contributed by atoms with van der Waals surface area (Å²) in [7, 11) is 1.35. The number of hydrogen-bond donors (Lipinski definition) is 1. The third-order valence-electron chi connectivity index (χ3n) is 5.36. The molecule has 1 aliphatic rings. The number of carbonyl (C=O) groups is 2. The van der Waals surface area contributed by atoms with Crippen molar-refractivity contribution in [1.82, 2.24) is 4.90 Å². The first-order chi connectivity index (χ1) is 13.5. The van der Waals surface area contributed by atoms with E-state index in [1.54, 1.807) is 12.1 Å². The number of esters is 1. The van der Waals surface area contributed by atoms with Crippen molar-refractivity contribution < 1.29 is 14.3 Å². The van der Waals surface area contributed by atoms with Gasteiger partial charge in [0.2, 0.25) is 5.91 Å². The number of anilines is 1. The van der Waals surface area contributed by atoms with E-state index in [0.717, 1.165) is 38.0 Å². The summed E-state index contributed by atoms with van der Waals surface area (Å²) in [5.74, 6) is -0.379. The minimum atomic E-state index is -0.403. The molecule has 2 aromatic rings. The zero-order valence-corrected chi connectivity index (χ0v) is 16.8. The highest BCUT2D eigenvalue weighted by Gasteiger charge is 2.25. The maximum atomic E-state index is 12.7. The molecule has 1 fully saturated rings. The van der Waals surface area contributed by atoms with Gasteiger partial charge in [-0.15, -0.1) is 0 Å². The monoisotopic (exact) mass is 380 g/mol. The molecular weight excluding hydrogens is 352 g/mol. The minimum absolute atomic E-state index is 0.00468. The summed E-state index contributed by atoms with van der Waals surface area (Å²) in [6, 6.07) is 13.8. The summed E-state index contributed by atoms with van der Waals surface area (Å²) < 4.78 is 4.76. The van der Waals surface area contributed by atoms with Crippen molar-refractivity contribution in [2.24, 2.45) is 5.92 Å². The molecule has 0 aromatic heterocycles. The van der Waals surface area contributed by atoms with Crippen LogP contribution in [-0.4, -0.2) is 37.0 Å². The predicted octanol–water partition coefficient (Wildman–Crippen LogP) is 3.94. The van der Waals surface area contributed by atoms with E-state index in [2.05, 4.69) is 41.4 Å². The molecule has 1 amide bonds. The summed E-state index contributed by atoms with van der Waals surface area (Å²) in [6.45, 7) is 6.77. The molecule has 0 aliphatic carbocycles. The number of hydrogen-bond acceptors (Lipinski definition) is 4. The van der Waals surface area contributed by atoms with Crippen LogP contribution in [-0.2, 0) is 16.1 Å². The lowest BCUT2D eigenvalue weighted by Crippen LogP contribution is -2.37. The Bertz CT molecular complexity index is 855. The second kappa shape index (κ2) is 9.02. The lowest BCUT2D eigenvalue weighted by Gasteiger charge is -2.31. The SMILES string of the molecule is COC(=O)c1ccc(C)c(NC(=O)C2CCN(Cc3cccc(C)c3)CC2)c1. The van der Waals surface area contributed by atoms with Gasteiger partial charge in [0.25, 0.3) is 0 Å². The molecule has 1 saturated heterocycles. The Labute approximate surface area is 166 Å². The Balaban J connectivity index is 1.56. The van der Waals surface area contributed by atoms with Crippen molar-refractivity contribution in [2.45, 2.75) is 33.2 Å². The molecule has 28 heavy (non-hydrogen) atoms. The fraction of sp³-hybridized carbons (Fsp3) is 0.391. The average Bonchev–Trinajstić information content (AvgIpc) is 2.69. The number of rotatable bonds is 5. The van der Waals surface area contributed by atoms with E-state index in [4.69, 9.17) is 4.74 Å². The molecule has 0 spiro atoms. The molecule has 0 saturated carbocycles. The third kappa shape index (κ3) is 4.98. The molecule has 0 radical (unpaired) electrons. The van der Waals surface area contributed by atoms with Gasteiger partial charge in [0.1, 0.15) is 0 Å². The number of nitrogens with one attached hydrogen (secondary N) is 1. The maximum absolute atomic E-state index is 12.7. The quantitative estimate of drug-likeness (QED) is 0.798. The molecular formula is C23H28N2O3. The normalized spacial score (nSPS) is 15.2. The number of ether oxygens (including phenoxy) is 1. The van der Waals surface area contributed by atoms with Gasteiger partial charge in [-0.2, -0.15) is 0 Å². The second-order valence-corrected chi connectivity index (χ2v) is 7.55. The fourth-order valence-electron chi connectivity index (χ4n) is 3.66. The first-order valence-corrected chi connectivity index (χ1v) is 9.74. The van der Waals surface area contributed by atoms with Crippen LogP contribution in [0.4, 0.5) is 5.69 Å². The van der Waals surface area contributed by atoms with E-state index in [-0.39, 0.29) is 11.8 Å². The highest BCUT2D eigenvalue weighted by molar-refractivity contribution is 5.96. The van der Waals surface area contributed by atoms with Crippen molar-refractivity contribution in [2.75, 3.05) is 25.5 Å². The van der Waals surface area contributed by atoms with E-state index in [1.807, 2.05) is 13.0 Å². The van der Waals surface area contributed by atoms with Gasteiger partial charge in [-0.05, 0) is 63.0 Å². The number of piperidine rings is 1. The molecule has 1 aliphatic heterocycles. The average molecular weight is 380 g/mol. The maximum Gasteiger partial charge on any atom is 0.337 e. The van der Waals surface area contributed by atoms with Crippen LogP contribution in [0.15, 0.2) is 42.5 Å². The molecule has 5 heteroatoms. The molecule has 148 valence electrons. The number of carbonyl (C=O) groups excluding carboxylic acids is 2. The Hall–Kier alpha value is -2.66. The molecule has 2 aromatic carbocycles. The number of aryl methyl sites for hydroxylation is 2. The topological polar surface area (TPSA) is 58.6 Å². The van der Waals surface area contributed by atoms with Crippen molar-refractivity contribution >= 4 is 17.6 Å². The first-order valence-electron chi connectivity index (χ1n) is 9.74. The summed E-state index contributed by atoms with van der Waals surface area (Å²) in [5, 5.41) is 3.01. The largest absolute Gasteiger partial charge is 0.465 e. The Kier molecular flexibility index (Phi) is 6.47. The van der Waals surface area contributed by atoms with E-state index in [1.165, 1.54) is 18.2 Å². The van der Waals surface area contributed by atoms with E-state index in [9.17, 15) is 9.59 Å².